The Morgan fingerprint density at radius 3 is 2.63 bits per heavy atom. The van der Waals surface area contributed by atoms with Crippen molar-refractivity contribution < 1.29 is 0 Å². The molecule has 2 nitrogen and oxygen atoms in total. The number of aryl methyl sites for hydroxylation is 1. The summed E-state index contributed by atoms with van der Waals surface area (Å²) in [6.07, 6.45) is 5.40. The first-order valence-electron chi connectivity index (χ1n) is 7.20. The second kappa shape index (κ2) is 6.38. The number of thiocarbonyl (C=S) groups is 1. The highest BCUT2D eigenvalue weighted by molar-refractivity contribution is 7.80. The van der Waals surface area contributed by atoms with Gasteiger partial charge in [-0.2, -0.15) is 0 Å². The second-order valence-corrected chi connectivity index (χ2v) is 6.36. The van der Waals surface area contributed by atoms with Gasteiger partial charge in [0.05, 0.1) is 0 Å². The Labute approximate surface area is 121 Å². The molecule has 19 heavy (non-hydrogen) atoms. The largest absolute Gasteiger partial charge is 0.389 e. The normalized spacial score (nSPS) is 23.1. The van der Waals surface area contributed by atoms with Gasteiger partial charge in [0.1, 0.15) is 4.99 Å². The van der Waals surface area contributed by atoms with Gasteiger partial charge in [-0.15, -0.1) is 0 Å². The van der Waals surface area contributed by atoms with Crippen molar-refractivity contribution in [3.8, 4) is 0 Å². The van der Waals surface area contributed by atoms with Crippen molar-refractivity contribution in [3.05, 3.63) is 29.3 Å². The minimum Gasteiger partial charge on any atom is -0.389 e. The van der Waals surface area contributed by atoms with E-state index in [-0.39, 0.29) is 0 Å². The van der Waals surface area contributed by atoms with Crippen molar-refractivity contribution in [2.45, 2.75) is 39.5 Å². The smallest absolute Gasteiger partial charge is 0.106 e. The maximum absolute atomic E-state index is 5.78. The van der Waals surface area contributed by atoms with Crippen LogP contribution in [0.4, 0.5) is 5.69 Å². The summed E-state index contributed by atoms with van der Waals surface area (Å²) in [6, 6.07) is 6.21. The number of hydrogen-bond donors (Lipinski definition) is 2. The van der Waals surface area contributed by atoms with E-state index >= 15 is 0 Å². The summed E-state index contributed by atoms with van der Waals surface area (Å²) in [5.74, 6) is 1.69. The Bertz CT molecular complexity index is 448. The first kappa shape index (κ1) is 14.3. The molecule has 1 saturated carbocycles. The lowest BCUT2D eigenvalue weighted by Gasteiger charge is -2.27. The summed E-state index contributed by atoms with van der Waals surface area (Å²) in [7, 11) is 0. The lowest BCUT2D eigenvalue weighted by Crippen LogP contribution is -2.21. The van der Waals surface area contributed by atoms with E-state index < -0.39 is 0 Å². The van der Waals surface area contributed by atoms with E-state index in [4.69, 9.17) is 18.0 Å². The molecule has 2 rings (SSSR count). The van der Waals surface area contributed by atoms with Crippen molar-refractivity contribution >= 4 is 22.9 Å². The van der Waals surface area contributed by atoms with E-state index in [2.05, 4.69) is 31.3 Å². The molecule has 0 atom stereocenters. The number of benzene rings is 1. The molecule has 0 heterocycles. The summed E-state index contributed by atoms with van der Waals surface area (Å²) in [4.78, 5) is 0.472. The molecule has 1 aliphatic carbocycles. The molecule has 0 aromatic heterocycles. The van der Waals surface area contributed by atoms with Crippen LogP contribution in [-0.4, -0.2) is 11.5 Å². The van der Waals surface area contributed by atoms with E-state index in [1.165, 1.54) is 31.2 Å². The molecule has 0 aliphatic heterocycles. The van der Waals surface area contributed by atoms with Crippen molar-refractivity contribution in [3.63, 3.8) is 0 Å². The van der Waals surface area contributed by atoms with Gasteiger partial charge in [-0.05, 0) is 49.3 Å². The molecule has 0 spiro atoms. The van der Waals surface area contributed by atoms with Crippen LogP contribution in [0.25, 0.3) is 0 Å². The van der Waals surface area contributed by atoms with Gasteiger partial charge < -0.3 is 11.1 Å². The maximum Gasteiger partial charge on any atom is 0.106 e. The number of nitrogens with two attached hydrogens (primary N) is 1. The van der Waals surface area contributed by atoms with E-state index in [1.807, 2.05) is 6.07 Å². The zero-order chi connectivity index (χ0) is 13.8. The highest BCUT2D eigenvalue weighted by Gasteiger charge is 2.18. The molecule has 0 amide bonds. The van der Waals surface area contributed by atoms with Crippen molar-refractivity contribution in [1.82, 2.24) is 0 Å². The SMILES string of the molecule is Cc1ccc(C(N)=S)c(NCC2CCC(C)CC2)c1. The topological polar surface area (TPSA) is 38.0 Å². The molecule has 0 radical (unpaired) electrons. The highest BCUT2D eigenvalue weighted by Crippen LogP contribution is 2.29. The van der Waals surface area contributed by atoms with Crippen LogP contribution in [0.3, 0.4) is 0 Å². The van der Waals surface area contributed by atoms with E-state index in [9.17, 15) is 0 Å². The molecule has 1 fully saturated rings. The zero-order valence-corrected chi connectivity index (χ0v) is 12.7. The number of anilines is 1. The molecule has 1 aliphatic rings. The molecule has 1 aromatic carbocycles. The van der Waals surface area contributed by atoms with Gasteiger partial charge in [-0.25, -0.2) is 0 Å². The van der Waals surface area contributed by atoms with Crippen LogP contribution < -0.4 is 11.1 Å². The third-order valence-electron chi connectivity index (χ3n) is 4.16. The Hall–Kier alpha value is -1.09. The van der Waals surface area contributed by atoms with Gasteiger partial charge in [-0.1, -0.05) is 38.0 Å². The van der Waals surface area contributed by atoms with Crippen LogP contribution in [0.5, 0.6) is 0 Å². The third kappa shape index (κ3) is 3.93. The van der Waals surface area contributed by atoms with Crippen LogP contribution >= 0.6 is 12.2 Å². The number of hydrogen-bond acceptors (Lipinski definition) is 2. The third-order valence-corrected chi connectivity index (χ3v) is 4.38. The predicted molar refractivity (Wildman–Crippen MR) is 86.7 cm³/mol. The first-order chi connectivity index (χ1) is 9.06. The van der Waals surface area contributed by atoms with Crippen LogP contribution in [0.2, 0.25) is 0 Å². The molecule has 3 N–H and O–H groups in total. The van der Waals surface area contributed by atoms with E-state index in [0.29, 0.717) is 4.99 Å². The van der Waals surface area contributed by atoms with Crippen molar-refractivity contribution in [1.29, 1.82) is 0 Å². The number of nitrogens with one attached hydrogen (secondary N) is 1. The van der Waals surface area contributed by atoms with Crippen LogP contribution in [0, 0.1) is 18.8 Å². The Morgan fingerprint density at radius 2 is 2.00 bits per heavy atom. The minimum absolute atomic E-state index is 0.472. The Morgan fingerprint density at radius 1 is 1.32 bits per heavy atom. The van der Waals surface area contributed by atoms with Crippen LogP contribution in [0.1, 0.15) is 43.7 Å². The summed E-state index contributed by atoms with van der Waals surface area (Å²) >= 11 is 5.12. The molecular formula is C16H24N2S. The van der Waals surface area contributed by atoms with Crippen molar-refractivity contribution in [2.24, 2.45) is 17.6 Å². The summed E-state index contributed by atoms with van der Waals surface area (Å²) in [6.45, 7) is 5.48. The predicted octanol–water partition coefficient (Wildman–Crippen LogP) is 3.87. The number of rotatable bonds is 4. The summed E-state index contributed by atoms with van der Waals surface area (Å²) in [5.41, 5.74) is 9.07. The van der Waals surface area contributed by atoms with Crippen molar-refractivity contribution in [2.75, 3.05) is 11.9 Å². The molecule has 1 aromatic rings. The van der Waals surface area contributed by atoms with Gasteiger partial charge >= 0.3 is 0 Å². The molecular weight excluding hydrogens is 252 g/mol. The van der Waals surface area contributed by atoms with Gasteiger partial charge in [0.25, 0.3) is 0 Å². The van der Waals surface area contributed by atoms with Crippen LogP contribution in [0.15, 0.2) is 18.2 Å². The molecule has 0 unspecified atom stereocenters. The summed E-state index contributed by atoms with van der Waals surface area (Å²) in [5, 5.41) is 3.55. The zero-order valence-electron chi connectivity index (χ0n) is 11.9. The lowest BCUT2D eigenvalue weighted by atomic mass is 9.83. The second-order valence-electron chi connectivity index (χ2n) is 5.92. The van der Waals surface area contributed by atoms with Gasteiger partial charge in [0.15, 0.2) is 0 Å². The van der Waals surface area contributed by atoms with Gasteiger partial charge in [0, 0.05) is 17.8 Å². The standard InChI is InChI=1S/C16H24N2S/c1-11-3-6-13(7-4-11)10-18-15-9-12(2)5-8-14(15)16(17)19/h5,8-9,11,13,18H,3-4,6-7,10H2,1-2H3,(H2,17,19). The molecule has 3 heteroatoms. The van der Waals surface area contributed by atoms with Crippen LogP contribution in [-0.2, 0) is 0 Å². The fourth-order valence-corrected chi connectivity index (χ4v) is 2.98. The minimum atomic E-state index is 0.472. The molecule has 104 valence electrons. The lowest BCUT2D eigenvalue weighted by molar-refractivity contribution is 0.300. The Balaban J connectivity index is 1.98. The van der Waals surface area contributed by atoms with E-state index in [1.54, 1.807) is 0 Å². The Kier molecular flexibility index (Phi) is 4.81. The quantitative estimate of drug-likeness (QED) is 0.820. The monoisotopic (exact) mass is 276 g/mol. The van der Waals surface area contributed by atoms with Gasteiger partial charge in [-0.3, -0.25) is 0 Å². The highest BCUT2D eigenvalue weighted by atomic mass is 32.1. The fourth-order valence-electron chi connectivity index (χ4n) is 2.81. The van der Waals surface area contributed by atoms with Gasteiger partial charge in [0.2, 0.25) is 0 Å². The van der Waals surface area contributed by atoms with E-state index in [0.717, 1.165) is 29.6 Å². The average molecular weight is 276 g/mol. The summed E-state index contributed by atoms with van der Waals surface area (Å²) < 4.78 is 0. The maximum atomic E-state index is 5.78. The fraction of sp³-hybridized carbons (Fsp3) is 0.562. The molecule has 0 saturated heterocycles. The first-order valence-corrected chi connectivity index (χ1v) is 7.61. The molecule has 0 bridgehead atoms. The average Bonchev–Trinajstić information content (AvgIpc) is 2.38.